The highest BCUT2D eigenvalue weighted by molar-refractivity contribution is 6.04. The normalized spacial score (nSPS) is 11.8. The highest BCUT2D eigenvalue weighted by atomic mass is 15.4. The van der Waals surface area contributed by atoms with Crippen molar-refractivity contribution in [3.8, 4) is 0 Å². The Balaban J connectivity index is 3.51. The van der Waals surface area contributed by atoms with Crippen LogP contribution in [-0.4, -0.2) is 41.7 Å². The Morgan fingerprint density at radius 2 is 1.59 bits per heavy atom. The van der Waals surface area contributed by atoms with Crippen molar-refractivity contribution < 1.29 is 0 Å². The van der Waals surface area contributed by atoms with Crippen LogP contribution in [0.15, 0.2) is 73.0 Å². The maximum atomic E-state index is 6.12. The second kappa shape index (κ2) is 11.3. The molecule has 0 aliphatic carbocycles. The maximum Gasteiger partial charge on any atom is 0.218 e. The van der Waals surface area contributed by atoms with E-state index in [1.165, 1.54) is 7.05 Å². The summed E-state index contributed by atoms with van der Waals surface area (Å²) in [5.74, 6) is -1.02. The van der Waals surface area contributed by atoms with Crippen LogP contribution in [-0.2, 0) is 6.54 Å². The molecule has 13 heteroatoms. The molecule has 0 aromatic heterocycles. The molecule has 0 amide bonds. The van der Waals surface area contributed by atoms with Gasteiger partial charge in [0.1, 0.15) is 0 Å². The molecule has 0 saturated heterocycles. The van der Waals surface area contributed by atoms with E-state index >= 15 is 0 Å². The summed E-state index contributed by atoms with van der Waals surface area (Å²) < 4.78 is 0. The molecule has 0 fully saturated rings. The van der Waals surface area contributed by atoms with Crippen LogP contribution in [0.1, 0.15) is 5.56 Å². The molecule has 14 N–H and O–H groups in total. The van der Waals surface area contributed by atoms with E-state index in [1.807, 2.05) is 30.3 Å². The number of rotatable bonds is 5. The standard InChI is InChI=1S/C16H25N13/c1-24-14(21)28-16(23)29(11(27-13(19)20)7-8-25-12(17)18)15(22)26-9-10-5-3-2-4-6-10/h2-6,8H,9H2,1H3,(H2,22,26)(H4,17,18,25)(H4,19,20,27)(H4,21,23,24,28). The first-order valence-corrected chi connectivity index (χ1v) is 8.08. The van der Waals surface area contributed by atoms with Crippen LogP contribution in [0.2, 0.25) is 0 Å². The van der Waals surface area contributed by atoms with Crippen molar-refractivity contribution >= 4 is 29.8 Å². The smallest absolute Gasteiger partial charge is 0.218 e. The molecule has 0 aliphatic heterocycles. The highest BCUT2D eigenvalue weighted by Crippen LogP contribution is 2.07. The van der Waals surface area contributed by atoms with Crippen LogP contribution in [0.4, 0.5) is 0 Å². The summed E-state index contributed by atoms with van der Waals surface area (Å²) in [6.45, 7) is 0.251. The van der Waals surface area contributed by atoms with Gasteiger partial charge < -0.3 is 40.1 Å². The minimum absolute atomic E-state index is 0.0885. The molecular weight excluding hydrogens is 374 g/mol. The fraction of sp³-hybridized carbons (Fsp3) is 0.125. The van der Waals surface area contributed by atoms with Crippen LogP contribution in [0.25, 0.3) is 0 Å². The lowest BCUT2D eigenvalue weighted by Gasteiger charge is -2.21. The molecule has 1 rings (SSSR count). The SMILES string of the molecule is CN=C(N)N=C(N)N(C(=C=CN=C(N)N)N=C(N)N)C(N)=NCc1ccccc1. The number of nitrogens with two attached hydrogens (primary N) is 7. The predicted octanol–water partition coefficient (Wildman–Crippen LogP) is -2.44. The average Bonchev–Trinajstić information content (AvgIpc) is 2.66. The van der Waals surface area contributed by atoms with Gasteiger partial charge in [-0.2, -0.15) is 9.98 Å². The highest BCUT2D eigenvalue weighted by Gasteiger charge is 2.19. The third kappa shape index (κ3) is 8.15. The van der Waals surface area contributed by atoms with Gasteiger partial charge in [-0.15, -0.1) is 0 Å². The van der Waals surface area contributed by atoms with Gasteiger partial charge in [0.15, 0.2) is 17.7 Å². The second-order valence-corrected chi connectivity index (χ2v) is 5.23. The molecule has 1 aromatic carbocycles. The minimum atomic E-state index is -0.309. The molecular formula is C16H25N13. The van der Waals surface area contributed by atoms with Crippen molar-refractivity contribution in [1.29, 1.82) is 0 Å². The zero-order valence-corrected chi connectivity index (χ0v) is 15.9. The van der Waals surface area contributed by atoms with Gasteiger partial charge in [-0.1, -0.05) is 36.1 Å². The molecule has 0 bridgehead atoms. The third-order valence-corrected chi connectivity index (χ3v) is 3.04. The Morgan fingerprint density at radius 1 is 0.931 bits per heavy atom. The summed E-state index contributed by atoms with van der Waals surface area (Å²) in [6, 6.07) is 9.39. The first kappa shape index (κ1) is 22.5. The van der Waals surface area contributed by atoms with E-state index in [0.717, 1.165) is 16.7 Å². The molecule has 1 aromatic rings. The largest absolute Gasteiger partial charge is 0.370 e. The predicted molar refractivity (Wildman–Crippen MR) is 116 cm³/mol. The van der Waals surface area contributed by atoms with Crippen LogP contribution >= 0.6 is 0 Å². The summed E-state index contributed by atoms with van der Waals surface area (Å²) in [7, 11) is 1.44. The van der Waals surface area contributed by atoms with Crippen molar-refractivity contribution in [1.82, 2.24) is 4.90 Å². The number of nitrogens with zero attached hydrogens (tertiary/aromatic N) is 6. The molecule has 0 heterocycles. The summed E-state index contributed by atoms with van der Waals surface area (Å²) in [5.41, 5.74) is 42.9. The Hall–Kier alpha value is -4.51. The Morgan fingerprint density at radius 3 is 2.14 bits per heavy atom. The Labute approximate surface area is 167 Å². The van der Waals surface area contributed by atoms with Gasteiger partial charge in [-0.3, -0.25) is 4.99 Å². The van der Waals surface area contributed by atoms with Crippen molar-refractivity contribution in [3.63, 3.8) is 0 Å². The summed E-state index contributed by atoms with van der Waals surface area (Å²) in [5, 5.41) is 0. The van der Waals surface area contributed by atoms with Gasteiger partial charge in [-0.25, -0.2) is 14.9 Å². The third-order valence-electron chi connectivity index (χ3n) is 3.04. The molecule has 0 atom stereocenters. The van der Waals surface area contributed by atoms with Crippen LogP contribution in [0.5, 0.6) is 0 Å². The fourth-order valence-corrected chi connectivity index (χ4v) is 1.81. The quantitative estimate of drug-likeness (QED) is 0.159. The van der Waals surface area contributed by atoms with Gasteiger partial charge in [0.05, 0.1) is 12.7 Å². The van der Waals surface area contributed by atoms with Gasteiger partial charge in [0, 0.05) is 7.05 Å². The van der Waals surface area contributed by atoms with Gasteiger partial charge in [-0.05, 0) is 5.56 Å². The molecule has 0 radical (unpaired) electrons. The molecule has 0 spiro atoms. The van der Waals surface area contributed by atoms with E-state index in [2.05, 4.69) is 30.7 Å². The lowest BCUT2D eigenvalue weighted by Crippen LogP contribution is -2.46. The molecule has 13 nitrogen and oxygen atoms in total. The topological polar surface area (TPSA) is 247 Å². The zero-order chi connectivity index (χ0) is 21.8. The number of hydrogen-bond donors (Lipinski definition) is 7. The zero-order valence-electron chi connectivity index (χ0n) is 15.9. The molecule has 154 valence electrons. The first-order valence-electron chi connectivity index (χ1n) is 8.08. The number of guanidine groups is 5. The number of benzene rings is 1. The van der Waals surface area contributed by atoms with Crippen molar-refractivity contribution in [2.75, 3.05) is 7.05 Å². The first-order chi connectivity index (χ1) is 13.7. The molecule has 0 saturated carbocycles. The number of hydrogen-bond acceptors (Lipinski definition) is 4. The van der Waals surface area contributed by atoms with E-state index in [-0.39, 0.29) is 42.2 Å². The van der Waals surface area contributed by atoms with Crippen molar-refractivity contribution in [3.05, 3.63) is 53.6 Å². The maximum absolute atomic E-state index is 6.12. The van der Waals surface area contributed by atoms with Crippen molar-refractivity contribution in [2.24, 2.45) is 65.1 Å². The lowest BCUT2D eigenvalue weighted by atomic mass is 10.2. The summed E-state index contributed by atoms with van der Waals surface area (Å²) in [4.78, 5) is 20.6. The van der Waals surface area contributed by atoms with Crippen LogP contribution < -0.4 is 40.1 Å². The van der Waals surface area contributed by atoms with E-state index in [9.17, 15) is 0 Å². The Kier molecular flexibility index (Phi) is 8.74. The Bertz CT molecular complexity index is 894. The van der Waals surface area contributed by atoms with E-state index in [4.69, 9.17) is 40.1 Å². The minimum Gasteiger partial charge on any atom is -0.370 e. The number of aliphatic imine (C=N–C) groups is 5. The summed E-state index contributed by atoms with van der Waals surface area (Å²) >= 11 is 0. The van der Waals surface area contributed by atoms with E-state index in [0.29, 0.717) is 0 Å². The van der Waals surface area contributed by atoms with E-state index < -0.39 is 0 Å². The molecule has 0 aliphatic rings. The fourth-order valence-electron chi connectivity index (χ4n) is 1.81. The van der Waals surface area contributed by atoms with Gasteiger partial charge in [0.2, 0.25) is 17.9 Å². The molecule has 0 unspecified atom stereocenters. The van der Waals surface area contributed by atoms with E-state index in [1.54, 1.807) is 0 Å². The van der Waals surface area contributed by atoms with Crippen molar-refractivity contribution in [2.45, 2.75) is 6.54 Å². The monoisotopic (exact) mass is 399 g/mol. The average molecular weight is 399 g/mol. The van der Waals surface area contributed by atoms with Gasteiger partial charge in [0.25, 0.3) is 0 Å². The summed E-state index contributed by atoms with van der Waals surface area (Å²) in [6.07, 6.45) is 1.12. The van der Waals surface area contributed by atoms with Crippen LogP contribution in [0.3, 0.4) is 0 Å². The molecule has 29 heavy (non-hydrogen) atoms. The van der Waals surface area contributed by atoms with Gasteiger partial charge >= 0.3 is 0 Å². The lowest BCUT2D eigenvalue weighted by molar-refractivity contribution is 0.710. The second-order valence-electron chi connectivity index (χ2n) is 5.23. The van der Waals surface area contributed by atoms with Crippen LogP contribution in [0, 0.1) is 0 Å².